The van der Waals surface area contributed by atoms with Crippen molar-refractivity contribution >= 4 is 12.2 Å². The van der Waals surface area contributed by atoms with E-state index in [4.69, 9.17) is 4.99 Å². The Balaban J connectivity index is 1.78. The summed E-state index contributed by atoms with van der Waals surface area (Å²) in [6, 6.07) is 33.4. The van der Waals surface area contributed by atoms with Gasteiger partial charge in [-0.3, -0.25) is 0 Å². The van der Waals surface area contributed by atoms with E-state index in [-0.39, 0.29) is 0 Å². The summed E-state index contributed by atoms with van der Waals surface area (Å²) in [5.41, 5.74) is 5.85. The average molecular weight is 431 g/mol. The van der Waals surface area contributed by atoms with Gasteiger partial charge in [-0.25, -0.2) is 4.99 Å². The topological polar surface area (TPSA) is 44.3 Å². The SMILES string of the molecule is N#Cc1c(-c2ccccc2)c(-c2ccccc2)n(Cc2ccccc2)c1/N=C/N1CCCC1. The third-order valence-corrected chi connectivity index (χ3v) is 6.12. The molecule has 0 bridgehead atoms. The van der Waals surface area contributed by atoms with E-state index in [0.29, 0.717) is 17.9 Å². The molecule has 0 radical (unpaired) electrons. The fraction of sp³-hybridized carbons (Fsp3) is 0.172. The van der Waals surface area contributed by atoms with Crippen LogP contribution in [0.4, 0.5) is 5.82 Å². The van der Waals surface area contributed by atoms with E-state index in [1.807, 2.05) is 48.8 Å². The molecule has 0 N–H and O–H groups in total. The number of hydrogen-bond donors (Lipinski definition) is 0. The lowest BCUT2D eigenvalue weighted by molar-refractivity contribution is 0.535. The number of nitriles is 1. The van der Waals surface area contributed by atoms with Gasteiger partial charge in [0, 0.05) is 25.2 Å². The summed E-state index contributed by atoms with van der Waals surface area (Å²) in [6.45, 7) is 2.67. The summed E-state index contributed by atoms with van der Waals surface area (Å²) in [6.07, 6.45) is 4.30. The monoisotopic (exact) mass is 430 g/mol. The molecule has 3 aromatic carbocycles. The zero-order valence-electron chi connectivity index (χ0n) is 18.6. The van der Waals surface area contributed by atoms with Crippen LogP contribution in [-0.4, -0.2) is 28.9 Å². The molecule has 162 valence electrons. The maximum absolute atomic E-state index is 10.4. The Morgan fingerprint density at radius 2 is 1.36 bits per heavy atom. The molecule has 1 fully saturated rings. The van der Waals surface area contributed by atoms with E-state index in [1.165, 1.54) is 18.4 Å². The zero-order chi connectivity index (χ0) is 22.5. The molecule has 1 aliphatic rings. The molecule has 4 aromatic rings. The van der Waals surface area contributed by atoms with Gasteiger partial charge in [0.05, 0.1) is 12.0 Å². The van der Waals surface area contributed by atoms with E-state index in [0.717, 1.165) is 35.5 Å². The van der Waals surface area contributed by atoms with E-state index in [1.54, 1.807) is 0 Å². The van der Waals surface area contributed by atoms with Gasteiger partial charge in [-0.05, 0) is 29.5 Å². The average Bonchev–Trinajstić information content (AvgIpc) is 3.50. The first-order valence-corrected chi connectivity index (χ1v) is 11.4. The van der Waals surface area contributed by atoms with Crippen LogP contribution in [0.3, 0.4) is 0 Å². The summed E-state index contributed by atoms with van der Waals surface area (Å²) in [5.74, 6) is 0.714. The maximum Gasteiger partial charge on any atom is 0.153 e. The Morgan fingerprint density at radius 1 is 0.788 bits per heavy atom. The normalized spacial score (nSPS) is 13.5. The van der Waals surface area contributed by atoms with Crippen LogP contribution < -0.4 is 0 Å². The Morgan fingerprint density at radius 3 is 1.97 bits per heavy atom. The number of aromatic nitrogens is 1. The number of aliphatic imine (C=N–C) groups is 1. The summed E-state index contributed by atoms with van der Waals surface area (Å²) >= 11 is 0. The van der Waals surface area contributed by atoms with Gasteiger partial charge < -0.3 is 9.47 Å². The summed E-state index contributed by atoms with van der Waals surface area (Å²) in [5, 5.41) is 10.4. The van der Waals surface area contributed by atoms with E-state index in [9.17, 15) is 5.26 Å². The van der Waals surface area contributed by atoms with Crippen molar-refractivity contribution in [3.63, 3.8) is 0 Å². The van der Waals surface area contributed by atoms with Gasteiger partial charge in [0.2, 0.25) is 0 Å². The highest BCUT2D eigenvalue weighted by Gasteiger charge is 2.25. The van der Waals surface area contributed by atoms with Crippen molar-refractivity contribution < 1.29 is 0 Å². The lowest BCUT2D eigenvalue weighted by Gasteiger charge is -2.14. The standard InChI is InChI=1S/C29H26N4/c30-20-26-27(24-14-6-2-7-15-24)28(25-16-8-3-9-17-25)33(21-23-12-4-1-5-13-23)29(26)31-22-32-18-10-11-19-32/h1-9,12-17,22H,10-11,18-19,21H2/b31-22+. The van der Waals surface area contributed by atoms with Crippen molar-refractivity contribution in [2.45, 2.75) is 19.4 Å². The molecule has 1 aromatic heterocycles. The predicted octanol–water partition coefficient (Wildman–Crippen LogP) is 6.50. The molecule has 1 saturated heterocycles. The zero-order valence-corrected chi connectivity index (χ0v) is 18.6. The van der Waals surface area contributed by atoms with Gasteiger partial charge in [0.15, 0.2) is 5.82 Å². The van der Waals surface area contributed by atoms with Gasteiger partial charge in [-0.15, -0.1) is 0 Å². The van der Waals surface area contributed by atoms with Crippen LogP contribution in [0.15, 0.2) is 96.0 Å². The first-order chi connectivity index (χ1) is 16.3. The van der Waals surface area contributed by atoms with Crippen LogP contribution in [0.1, 0.15) is 24.0 Å². The molecular weight excluding hydrogens is 404 g/mol. The molecule has 4 nitrogen and oxygen atoms in total. The van der Waals surface area contributed by atoms with Gasteiger partial charge >= 0.3 is 0 Å². The van der Waals surface area contributed by atoms with Gasteiger partial charge in [-0.1, -0.05) is 91.0 Å². The van der Waals surface area contributed by atoms with Crippen molar-refractivity contribution in [1.82, 2.24) is 9.47 Å². The van der Waals surface area contributed by atoms with Gasteiger partial charge in [0.25, 0.3) is 0 Å². The predicted molar refractivity (Wildman–Crippen MR) is 135 cm³/mol. The molecule has 0 saturated carbocycles. The molecule has 0 amide bonds. The summed E-state index contributed by atoms with van der Waals surface area (Å²) in [7, 11) is 0. The number of nitrogens with zero attached hydrogens (tertiary/aromatic N) is 4. The molecule has 5 rings (SSSR count). The largest absolute Gasteiger partial charge is 0.363 e. The highest BCUT2D eigenvalue weighted by molar-refractivity contribution is 5.91. The Labute approximate surface area is 195 Å². The van der Waals surface area contributed by atoms with E-state index in [2.05, 4.69) is 64.1 Å². The number of benzene rings is 3. The molecule has 0 unspecified atom stereocenters. The molecule has 1 aliphatic heterocycles. The highest BCUT2D eigenvalue weighted by atomic mass is 15.2. The fourth-order valence-corrected chi connectivity index (χ4v) is 4.54. The van der Waals surface area contributed by atoms with Crippen LogP contribution >= 0.6 is 0 Å². The second kappa shape index (κ2) is 9.58. The minimum atomic E-state index is 0.617. The smallest absolute Gasteiger partial charge is 0.153 e. The Kier molecular flexibility index (Phi) is 6.04. The molecule has 0 aliphatic carbocycles. The lowest BCUT2D eigenvalue weighted by Crippen LogP contribution is -2.16. The van der Waals surface area contributed by atoms with E-state index >= 15 is 0 Å². The number of likely N-dealkylation sites (tertiary alicyclic amines) is 1. The second-order valence-corrected chi connectivity index (χ2v) is 8.33. The highest BCUT2D eigenvalue weighted by Crippen LogP contribution is 2.43. The van der Waals surface area contributed by atoms with Gasteiger partial charge in [0.1, 0.15) is 11.6 Å². The first-order valence-electron chi connectivity index (χ1n) is 11.4. The minimum absolute atomic E-state index is 0.617. The van der Waals surface area contributed by atoms with Crippen molar-refractivity contribution in [3.05, 3.63) is 102 Å². The second-order valence-electron chi connectivity index (χ2n) is 8.33. The van der Waals surface area contributed by atoms with Crippen molar-refractivity contribution in [2.75, 3.05) is 13.1 Å². The van der Waals surface area contributed by atoms with E-state index < -0.39 is 0 Å². The van der Waals surface area contributed by atoms with Crippen molar-refractivity contribution in [3.8, 4) is 28.5 Å². The summed E-state index contributed by atoms with van der Waals surface area (Å²) in [4.78, 5) is 7.17. The molecule has 0 atom stereocenters. The fourth-order valence-electron chi connectivity index (χ4n) is 4.54. The van der Waals surface area contributed by atoms with Crippen LogP contribution in [0.25, 0.3) is 22.4 Å². The number of hydrogen-bond acceptors (Lipinski definition) is 2. The third-order valence-electron chi connectivity index (χ3n) is 6.12. The van der Waals surface area contributed by atoms with Crippen molar-refractivity contribution in [2.24, 2.45) is 4.99 Å². The van der Waals surface area contributed by atoms with Crippen LogP contribution in [0.5, 0.6) is 0 Å². The van der Waals surface area contributed by atoms with Gasteiger partial charge in [-0.2, -0.15) is 5.26 Å². The molecule has 33 heavy (non-hydrogen) atoms. The lowest BCUT2D eigenvalue weighted by atomic mass is 9.98. The minimum Gasteiger partial charge on any atom is -0.363 e. The Hall–Kier alpha value is -4.10. The first kappa shape index (κ1) is 20.8. The summed E-state index contributed by atoms with van der Waals surface area (Å²) < 4.78 is 2.21. The van der Waals surface area contributed by atoms with Crippen LogP contribution in [-0.2, 0) is 6.54 Å². The maximum atomic E-state index is 10.4. The quantitative estimate of drug-likeness (QED) is 0.259. The number of rotatable bonds is 6. The Bertz CT molecular complexity index is 1280. The molecular formula is C29H26N4. The van der Waals surface area contributed by atoms with Crippen LogP contribution in [0, 0.1) is 11.3 Å². The molecule has 0 spiro atoms. The van der Waals surface area contributed by atoms with Crippen molar-refractivity contribution in [1.29, 1.82) is 5.26 Å². The molecule has 4 heteroatoms. The molecule has 2 heterocycles. The third kappa shape index (κ3) is 4.31. The van der Waals surface area contributed by atoms with Crippen LogP contribution in [0.2, 0.25) is 0 Å².